The van der Waals surface area contributed by atoms with Crippen LogP contribution in [-0.4, -0.2) is 149 Å². The number of aromatic nitrogens is 4. The summed E-state index contributed by atoms with van der Waals surface area (Å²) in [4.78, 5) is 49.9. The molecule has 4 aromatic rings. The first-order chi connectivity index (χ1) is 28.9. The van der Waals surface area contributed by atoms with Crippen molar-refractivity contribution >= 4 is 47.6 Å². The normalized spacial score (nSPS) is 16.1. The molecule has 0 saturated carbocycles. The van der Waals surface area contributed by atoms with Crippen molar-refractivity contribution in [3.05, 3.63) is 77.5 Å². The zero-order valence-electron chi connectivity index (χ0n) is 34.9. The average Bonchev–Trinajstić information content (AvgIpc) is 3.91. The first-order valence-corrected chi connectivity index (χ1v) is 21.0. The van der Waals surface area contributed by atoms with E-state index in [-0.39, 0.29) is 23.9 Å². The average molecular weight is 843 g/mol. The second-order valence-electron chi connectivity index (χ2n) is 15.7. The summed E-state index contributed by atoms with van der Waals surface area (Å²) < 4.78 is 10.9. The van der Waals surface area contributed by atoms with Crippen molar-refractivity contribution in [2.75, 3.05) is 88.5 Å². The van der Waals surface area contributed by atoms with Crippen molar-refractivity contribution < 1.29 is 29.1 Å². The quantitative estimate of drug-likeness (QED) is 0.170. The van der Waals surface area contributed by atoms with E-state index in [9.17, 15) is 9.59 Å². The fourth-order valence-corrected chi connectivity index (χ4v) is 7.40. The lowest BCUT2D eigenvalue weighted by Crippen LogP contribution is -2.50. The van der Waals surface area contributed by atoms with Crippen LogP contribution in [0.25, 0.3) is 11.3 Å². The molecule has 8 rings (SSSR count). The molecule has 18 heteroatoms. The van der Waals surface area contributed by atoms with Crippen LogP contribution in [0.4, 0.5) is 11.6 Å². The molecule has 4 aliphatic heterocycles. The minimum Gasteiger partial charge on any atom is -0.493 e. The third-order valence-corrected chi connectivity index (χ3v) is 10.4. The highest BCUT2D eigenvalue weighted by molar-refractivity contribution is 6.58. The van der Waals surface area contributed by atoms with Crippen LogP contribution < -0.4 is 35.4 Å². The van der Waals surface area contributed by atoms with Gasteiger partial charge in [-0.05, 0) is 68.6 Å². The molecule has 0 bridgehead atoms. The molecule has 0 atom stereocenters. The lowest BCUT2D eigenvalue weighted by atomic mass is 9.79. The fraction of sp³-hybridized carbons (Fsp3) is 0.476. The highest BCUT2D eigenvalue weighted by Gasteiger charge is 2.23. The van der Waals surface area contributed by atoms with E-state index in [1.807, 2.05) is 52.2 Å². The molecular weight excluding hydrogens is 787 g/mol. The van der Waals surface area contributed by atoms with Gasteiger partial charge in [-0.25, -0.2) is 9.97 Å². The van der Waals surface area contributed by atoms with Crippen LogP contribution in [0.5, 0.6) is 11.5 Å². The monoisotopic (exact) mass is 842 g/mol. The largest absolute Gasteiger partial charge is 0.493 e. The molecule has 4 N–H and O–H groups in total. The van der Waals surface area contributed by atoms with E-state index in [1.54, 1.807) is 24.4 Å². The molecule has 0 aliphatic carbocycles. The number of fused-ring (bicyclic) bond motifs is 2. The van der Waals surface area contributed by atoms with Gasteiger partial charge in [-0.3, -0.25) is 29.4 Å². The highest BCUT2D eigenvalue weighted by atomic mass is 35.5. The summed E-state index contributed by atoms with van der Waals surface area (Å²) in [6, 6.07) is 11.8. The summed E-state index contributed by atoms with van der Waals surface area (Å²) >= 11 is 5.85. The van der Waals surface area contributed by atoms with Gasteiger partial charge < -0.3 is 40.0 Å². The van der Waals surface area contributed by atoms with Gasteiger partial charge in [0, 0.05) is 82.8 Å². The number of halogens is 1. The molecule has 0 radical (unpaired) electrons. The van der Waals surface area contributed by atoms with E-state index in [0.717, 1.165) is 112 Å². The number of carbonyl (C=O) groups is 2. The van der Waals surface area contributed by atoms with E-state index in [4.69, 9.17) is 36.1 Å². The number of piperazine rings is 2. The lowest BCUT2D eigenvalue weighted by molar-refractivity contribution is -0.123. The standard InChI is InChI=1S/C21H27N5O2.C13H20ClN5O.C8H9BO3/c1-15(2)23-21(27)14-25-6-8-26(9-7-25)20-13-22-12-18(24-20)16-3-4-19-17(11-16)5-10-28-19;1-10(2)16-13(20)9-18-3-5-19(6-4-18)12-8-15-7-11(14)17-12;10-9(11)7-1-2-8-6(5-7)3-4-12-8/h3-4,11-13,15H,5-10,14H2,1-2H3,(H,23,27);7-8,10H,3-6,9H2,1-2H3,(H,16,20);1-2,5,10-11H,3-4H2. The molecule has 2 aromatic heterocycles. The summed E-state index contributed by atoms with van der Waals surface area (Å²) in [6.07, 6.45) is 8.68. The highest BCUT2D eigenvalue weighted by Crippen LogP contribution is 2.30. The van der Waals surface area contributed by atoms with E-state index < -0.39 is 7.12 Å². The minimum absolute atomic E-state index is 0.0796. The van der Waals surface area contributed by atoms with Gasteiger partial charge in [0.15, 0.2) is 0 Å². The third-order valence-electron chi connectivity index (χ3n) is 10.2. The van der Waals surface area contributed by atoms with Crippen LogP contribution in [0.1, 0.15) is 38.8 Å². The number of carbonyl (C=O) groups excluding carboxylic acids is 2. The van der Waals surface area contributed by atoms with Crippen molar-refractivity contribution in [2.24, 2.45) is 0 Å². The maximum absolute atomic E-state index is 12.0. The van der Waals surface area contributed by atoms with Crippen molar-refractivity contribution in [2.45, 2.75) is 52.6 Å². The number of nitrogens with zero attached hydrogens (tertiary/aromatic N) is 8. The number of ether oxygens (including phenoxy) is 2. The number of hydrogen-bond donors (Lipinski definition) is 4. The van der Waals surface area contributed by atoms with Gasteiger partial charge in [0.25, 0.3) is 0 Å². The Bertz CT molecular complexity index is 2050. The maximum atomic E-state index is 12.0. The Morgan fingerprint density at radius 3 is 1.72 bits per heavy atom. The Balaban J connectivity index is 0.000000164. The topological polar surface area (TPSA) is 182 Å². The molecule has 2 amide bonds. The molecule has 4 aliphatic rings. The molecule has 2 aromatic carbocycles. The number of rotatable bonds is 10. The Kier molecular flexibility index (Phi) is 15.9. The first-order valence-electron chi connectivity index (χ1n) is 20.6. The van der Waals surface area contributed by atoms with Crippen LogP contribution in [-0.2, 0) is 22.4 Å². The Morgan fingerprint density at radius 2 is 1.20 bits per heavy atom. The SMILES string of the molecule is CC(C)NC(=O)CN1CCN(c2cncc(-c3ccc4c(c3)CCO4)n2)CC1.CC(C)NC(=O)CN1CCN(c2cncc(Cl)n2)CC1.OB(O)c1ccc2c(c1)CCO2. The van der Waals surface area contributed by atoms with E-state index in [2.05, 4.69) is 51.3 Å². The van der Waals surface area contributed by atoms with Crippen LogP contribution >= 0.6 is 11.6 Å². The second kappa shape index (κ2) is 21.5. The second-order valence-corrected chi connectivity index (χ2v) is 16.1. The summed E-state index contributed by atoms with van der Waals surface area (Å²) in [7, 11) is -1.38. The fourth-order valence-electron chi connectivity index (χ4n) is 7.26. The van der Waals surface area contributed by atoms with E-state index in [1.165, 1.54) is 11.8 Å². The number of anilines is 2. The summed E-state index contributed by atoms with van der Waals surface area (Å²) in [6.45, 7) is 16.9. The van der Waals surface area contributed by atoms with Crippen molar-refractivity contribution in [3.63, 3.8) is 0 Å². The molecule has 2 saturated heterocycles. The maximum Gasteiger partial charge on any atom is 0.488 e. The molecule has 60 heavy (non-hydrogen) atoms. The van der Waals surface area contributed by atoms with Crippen LogP contribution in [0.3, 0.4) is 0 Å². The number of amides is 2. The molecule has 0 spiro atoms. The van der Waals surface area contributed by atoms with Gasteiger partial charge >= 0.3 is 7.12 Å². The predicted molar refractivity (Wildman–Crippen MR) is 233 cm³/mol. The smallest absolute Gasteiger partial charge is 0.488 e. The number of benzene rings is 2. The summed E-state index contributed by atoms with van der Waals surface area (Å²) in [5.74, 6) is 3.69. The molecule has 320 valence electrons. The molecule has 0 unspecified atom stereocenters. The van der Waals surface area contributed by atoms with Crippen LogP contribution in [0.2, 0.25) is 5.15 Å². The minimum atomic E-state index is -1.38. The molecule has 6 heterocycles. The van der Waals surface area contributed by atoms with E-state index >= 15 is 0 Å². The lowest BCUT2D eigenvalue weighted by Gasteiger charge is -2.35. The van der Waals surface area contributed by atoms with Crippen molar-refractivity contribution in [3.8, 4) is 22.8 Å². The number of hydrogen-bond acceptors (Lipinski definition) is 14. The zero-order valence-corrected chi connectivity index (χ0v) is 35.6. The van der Waals surface area contributed by atoms with Crippen LogP contribution in [0.15, 0.2) is 61.2 Å². The van der Waals surface area contributed by atoms with E-state index in [0.29, 0.717) is 30.3 Å². The van der Waals surface area contributed by atoms with Gasteiger partial charge in [-0.15, -0.1) is 0 Å². The van der Waals surface area contributed by atoms with Gasteiger partial charge in [0.1, 0.15) is 28.3 Å². The summed E-state index contributed by atoms with van der Waals surface area (Å²) in [5.41, 5.74) is 4.77. The van der Waals surface area contributed by atoms with Gasteiger partial charge in [0.05, 0.1) is 56.8 Å². The first kappa shape index (κ1) is 44.5. The van der Waals surface area contributed by atoms with Gasteiger partial charge in [0.2, 0.25) is 11.8 Å². The van der Waals surface area contributed by atoms with Crippen molar-refractivity contribution in [1.29, 1.82) is 0 Å². The summed E-state index contributed by atoms with van der Waals surface area (Å²) in [5, 5.41) is 24.0. The molecular formula is C42H56BClN10O6. The van der Waals surface area contributed by atoms with Gasteiger partial charge in [-0.2, -0.15) is 0 Å². The Morgan fingerprint density at radius 1 is 0.700 bits per heavy atom. The Hall–Kier alpha value is -5.07. The molecule has 16 nitrogen and oxygen atoms in total. The van der Waals surface area contributed by atoms with Crippen LogP contribution in [0, 0.1) is 0 Å². The zero-order chi connectivity index (χ0) is 42.6. The van der Waals surface area contributed by atoms with Gasteiger partial charge in [-0.1, -0.05) is 23.7 Å². The number of nitrogens with one attached hydrogen (secondary N) is 2. The predicted octanol–water partition coefficient (Wildman–Crippen LogP) is 1.80. The third kappa shape index (κ3) is 13.0. The van der Waals surface area contributed by atoms with Crippen molar-refractivity contribution in [1.82, 2.24) is 40.4 Å². The molecule has 2 fully saturated rings. The Labute approximate surface area is 357 Å².